The van der Waals surface area contributed by atoms with Gasteiger partial charge in [0.2, 0.25) is 5.82 Å². The lowest BCUT2D eigenvalue weighted by molar-refractivity contribution is -0.387. The maximum atomic E-state index is 13.7. The Morgan fingerprint density at radius 3 is 2.50 bits per heavy atom. The number of hydrogen-bond acceptors (Lipinski definition) is 3. The Balaban J connectivity index is 2.08. The molecule has 0 spiro atoms. The lowest BCUT2D eigenvalue weighted by Gasteiger charge is -1.97. The normalized spacial score (nSPS) is 11.5. The van der Waals surface area contributed by atoms with Crippen LogP contribution in [-0.4, -0.2) is 14.7 Å². The Bertz CT molecular complexity index is 996. The number of nitro groups is 1. The summed E-state index contributed by atoms with van der Waals surface area (Å²) >= 11 is 0. The standard InChI is InChI=1S/C16H10F3N3O2/c1-21-15-8-13(19)16(22(23)24)7-10(15)14(20-21)5-3-9-2-4-11(17)12(18)6-9/h2-8H,1H3/b5-3+. The predicted molar refractivity (Wildman–Crippen MR) is 82.6 cm³/mol. The van der Waals surface area contributed by atoms with Gasteiger partial charge >= 0.3 is 5.69 Å². The average Bonchev–Trinajstić information content (AvgIpc) is 2.83. The van der Waals surface area contributed by atoms with Gasteiger partial charge in [0.15, 0.2) is 11.6 Å². The fourth-order valence-corrected chi connectivity index (χ4v) is 2.35. The number of aromatic nitrogens is 2. The second kappa shape index (κ2) is 5.80. The summed E-state index contributed by atoms with van der Waals surface area (Å²) in [5, 5.41) is 15.4. The number of nitrogens with zero attached hydrogens (tertiary/aromatic N) is 3. The second-order valence-corrected chi connectivity index (χ2v) is 5.09. The van der Waals surface area contributed by atoms with Crippen molar-refractivity contribution in [3.8, 4) is 0 Å². The van der Waals surface area contributed by atoms with Crippen molar-refractivity contribution in [2.24, 2.45) is 7.05 Å². The summed E-state index contributed by atoms with van der Waals surface area (Å²) in [5.41, 5.74) is 0.464. The van der Waals surface area contributed by atoms with Gasteiger partial charge in [0.25, 0.3) is 0 Å². The maximum absolute atomic E-state index is 13.7. The first-order valence-electron chi connectivity index (χ1n) is 6.80. The molecule has 2 aromatic carbocycles. The van der Waals surface area contributed by atoms with E-state index in [1.54, 1.807) is 7.05 Å². The van der Waals surface area contributed by atoms with Gasteiger partial charge < -0.3 is 0 Å². The van der Waals surface area contributed by atoms with E-state index in [0.29, 0.717) is 22.2 Å². The van der Waals surface area contributed by atoms with Crippen molar-refractivity contribution in [2.45, 2.75) is 0 Å². The van der Waals surface area contributed by atoms with Crippen LogP contribution in [0.1, 0.15) is 11.3 Å². The zero-order chi connectivity index (χ0) is 17.4. The molecule has 3 rings (SSSR count). The van der Waals surface area contributed by atoms with Crippen LogP contribution in [0.5, 0.6) is 0 Å². The van der Waals surface area contributed by atoms with E-state index in [9.17, 15) is 23.3 Å². The molecule has 0 amide bonds. The number of aryl methyl sites for hydroxylation is 1. The molecule has 24 heavy (non-hydrogen) atoms. The van der Waals surface area contributed by atoms with E-state index in [2.05, 4.69) is 5.10 Å². The van der Waals surface area contributed by atoms with E-state index in [-0.39, 0.29) is 0 Å². The quantitative estimate of drug-likeness (QED) is 0.536. The highest BCUT2D eigenvalue weighted by molar-refractivity contribution is 5.91. The average molecular weight is 333 g/mol. The van der Waals surface area contributed by atoms with Crippen LogP contribution in [0.25, 0.3) is 23.1 Å². The molecule has 122 valence electrons. The van der Waals surface area contributed by atoms with E-state index in [4.69, 9.17) is 0 Å². The van der Waals surface area contributed by atoms with Gasteiger partial charge in [-0.15, -0.1) is 0 Å². The Morgan fingerprint density at radius 2 is 1.83 bits per heavy atom. The smallest absolute Gasteiger partial charge is 0.267 e. The van der Waals surface area contributed by atoms with Crippen LogP contribution >= 0.6 is 0 Å². The number of halogens is 3. The summed E-state index contributed by atoms with van der Waals surface area (Å²) in [5.74, 6) is -2.89. The third-order valence-electron chi connectivity index (χ3n) is 3.52. The first kappa shape index (κ1) is 15.7. The highest BCUT2D eigenvalue weighted by Gasteiger charge is 2.18. The van der Waals surface area contributed by atoms with Crippen LogP contribution in [0.4, 0.5) is 18.9 Å². The van der Waals surface area contributed by atoms with Crippen molar-refractivity contribution in [1.29, 1.82) is 0 Å². The summed E-state index contributed by atoms with van der Waals surface area (Å²) in [6.07, 6.45) is 2.98. The van der Waals surface area contributed by atoms with Gasteiger partial charge in [-0.05, 0) is 23.8 Å². The number of benzene rings is 2. The molecule has 0 unspecified atom stereocenters. The van der Waals surface area contributed by atoms with Gasteiger partial charge in [0, 0.05) is 24.6 Å². The van der Waals surface area contributed by atoms with Crippen molar-refractivity contribution >= 4 is 28.7 Å². The first-order chi connectivity index (χ1) is 11.4. The zero-order valence-electron chi connectivity index (χ0n) is 12.3. The molecule has 8 heteroatoms. The molecular formula is C16H10F3N3O2. The summed E-state index contributed by atoms with van der Waals surface area (Å²) in [4.78, 5) is 10.1. The van der Waals surface area contributed by atoms with Crippen LogP contribution in [0, 0.1) is 27.6 Å². The lowest BCUT2D eigenvalue weighted by atomic mass is 10.1. The number of hydrogen-bond donors (Lipinski definition) is 0. The summed E-state index contributed by atoms with van der Waals surface area (Å²) in [7, 11) is 1.57. The fraction of sp³-hybridized carbons (Fsp3) is 0.0625. The Hall–Kier alpha value is -3.16. The third kappa shape index (κ3) is 2.73. The molecule has 0 radical (unpaired) electrons. The van der Waals surface area contributed by atoms with Crippen LogP contribution in [0.3, 0.4) is 0 Å². The van der Waals surface area contributed by atoms with Gasteiger partial charge in [-0.1, -0.05) is 12.1 Å². The second-order valence-electron chi connectivity index (χ2n) is 5.09. The molecule has 0 saturated heterocycles. The van der Waals surface area contributed by atoms with Crippen molar-refractivity contribution in [3.63, 3.8) is 0 Å². The monoisotopic (exact) mass is 333 g/mol. The molecule has 1 aromatic heterocycles. The van der Waals surface area contributed by atoms with Crippen LogP contribution in [0.2, 0.25) is 0 Å². The van der Waals surface area contributed by atoms with Crippen LogP contribution in [-0.2, 0) is 7.05 Å². The lowest BCUT2D eigenvalue weighted by Crippen LogP contribution is -1.94. The molecule has 0 N–H and O–H groups in total. The van der Waals surface area contributed by atoms with Gasteiger partial charge in [-0.3, -0.25) is 14.8 Å². The minimum absolute atomic E-state index is 0.348. The Labute approximate surface area is 133 Å². The zero-order valence-corrected chi connectivity index (χ0v) is 12.3. The molecular weight excluding hydrogens is 323 g/mol. The van der Waals surface area contributed by atoms with E-state index < -0.39 is 28.1 Å². The molecule has 3 aromatic rings. The first-order valence-corrected chi connectivity index (χ1v) is 6.80. The highest BCUT2D eigenvalue weighted by atomic mass is 19.2. The van der Waals surface area contributed by atoms with Crippen LogP contribution < -0.4 is 0 Å². The maximum Gasteiger partial charge on any atom is 0.305 e. The molecule has 0 atom stereocenters. The summed E-state index contributed by atoms with van der Waals surface area (Å²) < 4.78 is 41.2. The summed E-state index contributed by atoms with van der Waals surface area (Å²) in [6, 6.07) is 5.52. The van der Waals surface area contributed by atoms with Crippen LogP contribution in [0.15, 0.2) is 30.3 Å². The Morgan fingerprint density at radius 1 is 1.08 bits per heavy atom. The number of nitro benzene ring substituents is 1. The van der Waals surface area contributed by atoms with E-state index >= 15 is 0 Å². The predicted octanol–water partition coefficient (Wildman–Crippen LogP) is 4.07. The van der Waals surface area contributed by atoms with Crippen molar-refractivity contribution in [1.82, 2.24) is 9.78 Å². The molecule has 0 aliphatic heterocycles. The molecule has 0 bridgehead atoms. The minimum atomic E-state index is -0.985. The molecule has 0 aliphatic carbocycles. The largest absolute Gasteiger partial charge is 0.305 e. The Kier molecular flexibility index (Phi) is 3.80. The highest BCUT2D eigenvalue weighted by Crippen LogP contribution is 2.27. The van der Waals surface area contributed by atoms with E-state index in [0.717, 1.165) is 24.3 Å². The van der Waals surface area contributed by atoms with E-state index in [1.165, 1.54) is 22.9 Å². The number of rotatable bonds is 3. The van der Waals surface area contributed by atoms with Gasteiger partial charge in [-0.2, -0.15) is 9.49 Å². The SMILES string of the molecule is Cn1nc(/C=C/c2ccc(F)c(F)c2)c2cc([N+](=O)[O-])c(F)cc21. The topological polar surface area (TPSA) is 61.0 Å². The third-order valence-corrected chi connectivity index (χ3v) is 3.52. The van der Waals surface area contributed by atoms with Gasteiger partial charge in [-0.25, -0.2) is 8.78 Å². The van der Waals surface area contributed by atoms with Crippen molar-refractivity contribution in [3.05, 3.63) is 69.2 Å². The minimum Gasteiger partial charge on any atom is -0.267 e. The van der Waals surface area contributed by atoms with Crippen molar-refractivity contribution in [2.75, 3.05) is 0 Å². The van der Waals surface area contributed by atoms with E-state index in [1.807, 2.05) is 0 Å². The molecule has 0 saturated carbocycles. The van der Waals surface area contributed by atoms with Crippen molar-refractivity contribution < 1.29 is 18.1 Å². The number of fused-ring (bicyclic) bond motifs is 1. The molecule has 5 nitrogen and oxygen atoms in total. The summed E-state index contributed by atoms with van der Waals surface area (Å²) in [6.45, 7) is 0. The van der Waals surface area contributed by atoms with Gasteiger partial charge in [0.1, 0.15) is 0 Å². The van der Waals surface area contributed by atoms with Gasteiger partial charge in [0.05, 0.1) is 16.1 Å². The fourth-order valence-electron chi connectivity index (χ4n) is 2.35. The molecule has 1 heterocycles. The molecule has 0 aliphatic rings. The molecule has 0 fully saturated rings.